The number of unbranched alkanes of at least 4 members (excludes halogenated alkanes) is 2. The molecule has 248 valence electrons. The summed E-state index contributed by atoms with van der Waals surface area (Å²) in [6.07, 6.45) is 17.5. The number of aryl methyl sites for hydroxylation is 2. The maximum absolute atomic E-state index is 2.99. The summed E-state index contributed by atoms with van der Waals surface area (Å²) in [5.74, 6) is 0. The summed E-state index contributed by atoms with van der Waals surface area (Å²) in [5, 5.41) is 5.49. The Labute approximate surface area is 307 Å². The largest absolute Gasteiger partial charge is 0.273 e. The van der Waals surface area contributed by atoms with Crippen LogP contribution < -0.4 is 0 Å². The van der Waals surface area contributed by atoms with Crippen molar-refractivity contribution in [2.45, 2.75) is 111 Å². The van der Waals surface area contributed by atoms with Crippen LogP contribution in [-0.2, 0) is 47.9 Å². The zero-order valence-corrected chi connectivity index (χ0v) is 33.3. The van der Waals surface area contributed by atoms with Crippen LogP contribution in [0.3, 0.4) is 0 Å². The van der Waals surface area contributed by atoms with Crippen LogP contribution in [0.1, 0.15) is 121 Å². The third-order valence-electron chi connectivity index (χ3n) is 9.15. The van der Waals surface area contributed by atoms with Crippen molar-refractivity contribution in [3.8, 4) is 0 Å². The van der Waals surface area contributed by atoms with Crippen LogP contribution in [-0.4, -0.2) is 3.21 Å². The van der Waals surface area contributed by atoms with Crippen molar-refractivity contribution in [2.24, 2.45) is 0 Å². The summed E-state index contributed by atoms with van der Waals surface area (Å²) in [6.45, 7) is 18.2. The predicted octanol–water partition coefficient (Wildman–Crippen LogP) is 13.1. The van der Waals surface area contributed by atoms with Gasteiger partial charge in [-0.1, -0.05) is 76.9 Å². The van der Waals surface area contributed by atoms with Crippen molar-refractivity contribution in [1.29, 1.82) is 0 Å². The number of rotatable bonds is 8. The van der Waals surface area contributed by atoms with Gasteiger partial charge >= 0.3 is 151 Å². The summed E-state index contributed by atoms with van der Waals surface area (Å²) in [6, 6.07) is 34.5. The van der Waals surface area contributed by atoms with Crippen LogP contribution in [0.2, 0.25) is 0 Å². The van der Waals surface area contributed by atoms with E-state index in [1.807, 2.05) is 12.2 Å². The molecule has 1 heteroatoms. The molecule has 5 aromatic rings. The average molecular weight is 712 g/mol. The molecule has 1 aliphatic carbocycles. The first-order chi connectivity index (χ1) is 22.9. The molecule has 0 N–H and O–H groups in total. The third kappa shape index (κ3) is 10.7. The number of hydrogen-bond donors (Lipinski definition) is 0. The molecule has 0 saturated heterocycles. The zero-order chi connectivity index (χ0) is 34.7. The fourth-order valence-corrected chi connectivity index (χ4v) is 6.70. The third-order valence-corrected chi connectivity index (χ3v) is 10.6. The maximum Gasteiger partial charge on any atom is -0.109 e. The van der Waals surface area contributed by atoms with E-state index in [0.29, 0.717) is 0 Å². The molecule has 0 heterocycles. The first kappa shape index (κ1) is 37.8. The van der Waals surface area contributed by atoms with E-state index in [4.69, 9.17) is 0 Å². The van der Waals surface area contributed by atoms with Crippen molar-refractivity contribution in [2.75, 3.05) is 0 Å². The van der Waals surface area contributed by atoms with Crippen LogP contribution in [0.5, 0.6) is 0 Å². The topological polar surface area (TPSA) is 0 Å². The van der Waals surface area contributed by atoms with Gasteiger partial charge in [-0.15, -0.1) is 46.2 Å². The van der Waals surface area contributed by atoms with Crippen molar-refractivity contribution >= 4 is 24.8 Å². The van der Waals surface area contributed by atoms with Gasteiger partial charge in [0.15, 0.2) is 0 Å². The normalized spacial score (nSPS) is 12.5. The minimum Gasteiger partial charge on any atom is -0.273 e. The first-order valence-electron chi connectivity index (χ1n) is 18.0. The van der Waals surface area contributed by atoms with Gasteiger partial charge in [-0.3, -0.25) is 6.08 Å². The molecule has 48 heavy (non-hydrogen) atoms. The van der Waals surface area contributed by atoms with Crippen molar-refractivity contribution in [3.63, 3.8) is 0 Å². The average Bonchev–Trinajstić information content (AvgIpc) is 3.78. The van der Waals surface area contributed by atoms with Gasteiger partial charge in [0.05, 0.1) is 0 Å². The Balaban J connectivity index is 0.000000189. The van der Waals surface area contributed by atoms with Gasteiger partial charge in [-0.25, -0.2) is 12.2 Å². The fourth-order valence-electron chi connectivity index (χ4n) is 5.88. The Bertz CT molecular complexity index is 1680. The van der Waals surface area contributed by atoms with Crippen LogP contribution in [0.25, 0.3) is 21.5 Å². The van der Waals surface area contributed by atoms with Gasteiger partial charge in [0.2, 0.25) is 0 Å². The first-order valence-corrected chi connectivity index (χ1v) is 19.3. The molecular weight excluding hydrogens is 656 g/mol. The second-order valence-corrected chi connectivity index (χ2v) is 16.5. The van der Waals surface area contributed by atoms with Gasteiger partial charge in [0.1, 0.15) is 0 Å². The monoisotopic (exact) mass is 710 g/mol. The molecule has 0 aromatic heterocycles. The van der Waals surface area contributed by atoms with Crippen LogP contribution in [0.4, 0.5) is 0 Å². The fraction of sp³-hybridized carbons (Fsp3) is 0.362. The molecule has 0 nitrogen and oxygen atoms in total. The number of allylic oxidation sites excluding steroid dienone is 4. The Morgan fingerprint density at radius 2 is 1.08 bits per heavy atom. The minimum atomic E-state index is 0.194. The zero-order valence-electron chi connectivity index (χ0n) is 30.8. The SMILES string of the molecule is CC(C)(C)c1ccc2[cH-]c3ccc(C(C)(C)C)cc3c2c1.CCCCc1ccc([C](=[Zr+2])c2ccc(CCCC)cc2)cc1.[C-]1=CC=CC1. The Hall–Kier alpha value is -3.02. The second kappa shape index (κ2) is 17.6. The smallest absolute Gasteiger partial charge is 0.109 e. The van der Waals surface area contributed by atoms with E-state index in [1.54, 1.807) is 0 Å². The van der Waals surface area contributed by atoms with E-state index in [0.717, 1.165) is 6.42 Å². The van der Waals surface area contributed by atoms with Gasteiger partial charge < -0.3 is 0 Å². The summed E-state index contributed by atoms with van der Waals surface area (Å²) in [7, 11) is 0. The summed E-state index contributed by atoms with van der Waals surface area (Å²) in [5.41, 5.74) is 8.87. The van der Waals surface area contributed by atoms with E-state index in [-0.39, 0.29) is 10.8 Å². The molecule has 0 atom stereocenters. The van der Waals surface area contributed by atoms with E-state index in [1.165, 1.54) is 121 Å². The van der Waals surface area contributed by atoms with Crippen LogP contribution in [0.15, 0.2) is 109 Å². The van der Waals surface area contributed by atoms with E-state index in [9.17, 15) is 0 Å². The maximum atomic E-state index is 2.99. The molecule has 0 fully saturated rings. The van der Waals surface area contributed by atoms with Gasteiger partial charge in [-0.2, -0.15) is 6.08 Å². The van der Waals surface area contributed by atoms with Gasteiger partial charge in [0, 0.05) is 0 Å². The van der Waals surface area contributed by atoms with Crippen molar-refractivity contribution in [3.05, 3.63) is 149 Å². The molecule has 0 radical (unpaired) electrons. The molecule has 0 spiro atoms. The quantitative estimate of drug-likeness (QED) is 0.141. The standard InChI is InChI=1S/C21H25.C21H26.C5H5.Zr/c1-20(2,3)16-9-7-14-11-15-8-10-17(21(4,5)6)13-19(15)18(14)12-16;1-3-5-7-18-9-13-20(14-10-18)17-21-15-11-19(12-16-21)8-6-4-2;1-2-4-5-3-1;/h7-13H,1-6H3;9-16H,3-8H2,1-2H3;1-3H,4H2;/q-1;;-1;+2. The van der Waals surface area contributed by atoms with E-state index >= 15 is 0 Å². The molecule has 6 rings (SSSR count). The molecule has 0 unspecified atom stereocenters. The number of benzene rings is 4. The van der Waals surface area contributed by atoms with Crippen LogP contribution >= 0.6 is 0 Å². The molecule has 0 amide bonds. The van der Waals surface area contributed by atoms with Gasteiger partial charge in [-0.05, 0) is 10.8 Å². The summed E-state index contributed by atoms with van der Waals surface area (Å²) < 4.78 is 1.45. The number of fused-ring (bicyclic) bond motifs is 3. The Kier molecular flexibility index (Phi) is 13.8. The molecule has 0 aliphatic heterocycles. The van der Waals surface area contributed by atoms with E-state index < -0.39 is 0 Å². The molecule has 0 bridgehead atoms. The molecule has 0 saturated carbocycles. The molecule has 1 aliphatic rings. The van der Waals surface area contributed by atoms with Gasteiger partial charge in [0.25, 0.3) is 0 Å². The second-order valence-electron chi connectivity index (χ2n) is 15.2. The molecule has 5 aromatic carbocycles. The predicted molar refractivity (Wildman–Crippen MR) is 209 cm³/mol. The Morgan fingerprint density at radius 3 is 1.40 bits per heavy atom. The minimum absolute atomic E-state index is 0.194. The van der Waals surface area contributed by atoms with Crippen LogP contribution in [0, 0.1) is 6.08 Å². The molecular formula is C47H56Zr. The number of hydrogen-bond acceptors (Lipinski definition) is 0. The van der Waals surface area contributed by atoms with Crippen molar-refractivity contribution in [1.82, 2.24) is 0 Å². The van der Waals surface area contributed by atoms with E-state index in [2.05, 4.69) is 159 Å². The summed E-state index contributed by atoms with van der Waals surface area (Å²) in [4.78, 5) is 0. The Morgan fingerprint density at radius 1 is 0.646 bits per heavy atom. The summed E-state index contributed by atoms with van der Waals surface area (Å²) >= 11 is 1.48. The van der Waals surface area contributed by atoms with Crippen molar-refractivity contribution < 1.29 is 24.2 Å².